The van der Waals surface area contributed by atoms with Crippen molar-refractivity contribution in [2.45, 2.75) is 6.54 Å². The Bertz CT molecular complexity index is 733. The number of nitrogens with zero attached hydrogens (tertiary/aromatic N) is 2. The summed E-state index contributed by atoms with van der Waals surface area (Å²) in [6, 6.07) is 15.2. The highest BCUT2D eigenvalue weighted by Crippen LogP contribution is 2.15. The number of carbonyl (C=O) groups is 1. The fourth-order valence-corrected chi connectivity index (χ4v) is 2.45. The molecule has 0 fully saturated rings. The number of halogens is 1. The Morgan fingerprint density at radius 2 is 2.00 bits per heavy atom. The number of nitrogens with one attached hydrogen (secondary N) is 1. The van der Waals surface area contributed by atoms with Crippen molar-refractivity contribution in [3.8, 4) is 0 Å². The molecule has 1 amide bonds. The Balaban J connectivity index is 1.73. The molecule has 0 aliphatic heterocycles. The summed E-state index contributed by atoms with van der Waals surface area (Å²) in [6.07, 6.45) is 1.88. The van der Waals surface area contributed by atoms with E-state index in [1.165, 1.54) is 0 Å². The molecule has 3 rings (SSSR count). The van der Waals surface area contributed by atoms with Gasteiger partial charge in [0, 0.05) is 10.7 Å². The van der Waals surface area contributed by atoms with Crippen molar-refractivity contribution in [3.05, 3.63) is 70.5 Å². The average Bonchev–Trinajstić information content (AvgIpc) is 2.88. The van der Waals surface area contributed by atoms with Gasteiger partial charge in [-0.05, 0) is 46.3 Å². The molecule has 0 saturated carbocycles. The fraction of sp³-hybridized carbons (Fsp3) is 0.0667. The zero-order valence-electron chi connectivity index (χ0n) is 10.6. The van der Waals surface area contributed by atoms with Gasteiger partial charge in [0.2, 0.25) is 0 Å². The minimum absolute atomic E-state index is 0.116. The maximum atomic E-state index is 12.1. The Hall–Kier alpha value is -2.14. The topological polar surface area (TPSA) is 46.4 Å². The lowest BCUT2D eigenvalue weighted by atomic mass is 10.2. The Morgan fingerprint density at radius 3 is 2.80 bits per heavy atom. The highest BCUT2D eigenvalue weighted by Gasteiger charge is 2.09. The number of hydrogen-bond donors (Lipinski definition) is 1. The number of carbonyl (C=O) groups excluding carboxylic acids is 1. The Morgan fingerprint density at radius 1 is 1.20 bits per heavy atom. The minimum Gasteiger partial charge on any atom is -0.346 e. The first-order valence-electron chi connectivity index (χ1n) is 6.20. The lowest BCUT2D eigenvalue weighted by Crippen LogP contribution is -2.23. The smallest absolute Gasteiger partial charge is 0.252 e. The van der Waals surface area contributed by atoms with Gasteiger partial charge in [-0.15, -0.1) is 0 Å². The van der Waals surface area contributed by atoms with Crippen LogP contribution in [0.15, 0.2) is 59.2 Å². The first kappa shape index (κ1) is 12.9. The molecule has 0 unspecified atom stereocenters. The summed E-state index contributed by atoms with van der Waals surface area (Å²) in [5.74, 6) is -0.116. The zero-order chi connectivity index (χ0) is 13.9. The van der Waals surface area contributed by atoms with Gasteiger partial charge in [0.05, 0.1) is 23.3 Å². The van der Waals surface area contributed by atoms with Gasteiger partial charge in [-0.1, -0.05) is 18.2 Å². The van der Waals surface area contributed by atoms with E-state index in [2.05, 4.69) is 26.3 Å². The van der Waals surface area contributed by atoms with Crippen LogP contribution in [0.5, 0.6) is 0 Å². The third-order valence-electron chi connectivity index (χ3n) is 2.97. The maximum absolute atomic E-state index is 12.1. The molecule has 0 aliphatic carbocycles. The second kappa shape index (κ2) is 5.46. The summed E-state index contributed by atoms with van der Waals surface area (Å²) in [5, 5.41) is 7.26. The van der Waals surface area contributed by atoms with Gasteiger partial charge in [-0.3, -0.25) is 4.79 Å². The lowest BCUT2D eigenvalue weighted by Gasteiger charge is -2.04. The Kier molecular flexibility index (Phi) is 3.52. The summed E-state index contributed by atoms with van der Waals surface area (Å²) in [7, 11) is 0. The highest BCUT2D eigenvalue weighted by atomic mass is 79.9. The molecule has 0 spiro atoms. The summed E-state index contributed by atoms with van der Waals surface area (Å²) < 4.78 is 2.58. The van der Waals surface area contributed by atoms with Crippen LogP contribution in [-0.4, -0.2) is 15.5 Å². The van der Waals surface area contributed by atoms with E-state index in [1.54, 1.807) is 10.6 Å². The van der Waals surface area contributed by atoms with Gasteiger partial charge in [-0.2, -0.15) is 5.10 Å². The van der Waals surface area contributed by atoms with Gasteiger partial charge in [0.15, 0.2) is 0 Å². The van der Waals surface area contributed by atoms with Crippen LogP contribution >= 0.6 is 15.9 Å². The molecule has 3 aromatic rings. The minimum atomic E-state index is -0.116. The first-order chi connectivity index (χ1) is 9.74. The number of rotatable bonds is 3. The molecule has 1 aromatic carbocycles. The molecule has 0 saturated heterocycles. The van der Waals surface area contributed by atoms with E-state index in [1.807, 2.05) is 48.7 Å². The molecule has 100 valence electrons. The number of amides is 1. The van der Waals surface area contributed by atoms with Crippen LogP contribution in [0.3, 0.4) is 0 Å². The van der Waals surface area contributed by atoms with Gasteiger partial charge < -0.3 is 5.32 Å². The van der Waals surface area contributed by atoms with E-state index >= 15 is 0 Å². The van der Waals surface area contributed by atoms with Crippen LogP contribution in [0.2, 0.25) is 0 Å². The van der Waals surface area contributed by atoms with Crippen molar-refractivity contribution in [1.82, 2.24) is 14.9 Å². The van der Waals surface area contributed by atoms with Crippen molar-refractivity contribution in [2.24, 2.45) is 0 Å². The molecule has 0 aliphatic rings. The molecule has 0 atom stereocenters. The number of benzene rings is 1. The SMILES string of the molecule is O=C(NCc1cc2ccccn2n1)c1ccccc1Br. The van der Waals surface area contributed by atoms with Gasteiger partial charge in [-0.25, -0.2) is 4.52 Å². The Labute approximate surface area is 124 Å². The first-order valence-corrected chi connectivity index (χ1v) is 6.99. The predicted octanol–water partition coefficient (Wildman–Crippen LogP) is 3.03. The van der Waals surface area contributed by atoms with Gasteiger partial charge >= 0.3 is 0 Å². The van der Waals surface area contributed by atoms with E-state index in [9.17, 15) is 4.79 Å². The summed E-state index contributed by atoms with van der Waals surface area (Å²) in [5.41, 5.74) is 2.46. The van der Waals surface area contributed by atoms with Crippen molar-refractivity contribution < 1.29 is 4.79 Å². The van der Waals surface area contributed by atoms with Crippen LogP contribution < -0.4 is 5.32 Å². The van der Waals surface area contributed by atoms with Crippen LogP contribution in [-0.2, 0) is 6.54 Å². The predicted molar refractivity (Wildman–Crippen MR) is 80.5 cm³/mol. The molecule has 4 nitrogen and oxygen atoms in total. The second-order valence-electron chi connectivity index (χ2n) is 4.37. The van der Waals surface area contributed by atoms with E-state index in [0.717, 1.165) is 15.7 Å². The summed E-state index contributed by atoms with van der Waals surface area (Å²) in [4.78, 5) is 12.1. The van der Waals surface area contributed by atoms with Crippen molar-refractivity contribution in [1.29, 1.82) is 0 Å². The van der Waals surface area contributed by atoms with Crippen LogP contribution in [0, 0.1) is 0 Å². The van der Waals surface area contributed by atoms with E-state index < -0.39 is 0 Å². The molecule has 0 radical (unpaired) electrons. The number of aromatic nitrogens is 2. The standard InChI is InChI=1S/C15H12BrN3O/c16-14-7-2-1-6-13(14)15(20)17-10-11-9-12-5-3-4-8-19(12)18-11/h1-9H,10H2,(H,17,20). The van der Waals surface area contributed by atoms with E-state index in [4.69, 9.17) is 0 Å². The number of hydrogen-bond acceptors (Lipinski definition) is 2. The summed E-state index contributed by atoms with van der Waals surface area (Å²) in [6.45, 7) is 0.405. The molecule has 1 N–H and O–H groups in total. The van der Waals surface area contributed by atoms with Crippen LogP contribution in [0.1, 0.15) is 16.1 Å². The molecule has 0 bridgehead atoms. The van der Waals surface area contributed by atoms with E-state index in [0.29, 0.717) is 12.1 Å². The van der Waals surface area contributed by atoms with Crippen molar-refractivity contribution in [2.75, 3.05) is 0 Å². The number of pyridine rings is 1. The summed E-state index contributed by atoms with van der Waals surface area (Å²) >= 11 is 3.37. The number of fused-ring (bicyclic) bond motifs is 1. The molecule has 2 aromatic heterocycles. The van der Waals surface area contributed by atoms with Crippen LogP contribution in [0.25, 0.3) is 5.52 Å². The molecule has 2 heterocycles. The third-order valence-corrected chi connectivity index (χ3v) is 3.66. The molecule has 20 heavy (non-hydrogen) atoms. The van der Waals surface area contributed by atoms with E-state index in [-0.39, 0.29) is 5.91 Å². The fourth-order valence-electron chi connectivity index (χ4n) is 1.99. The molecular weight excluding hydrogens is 318 g/mol. The average molecular weight is 330 g/mol. The highest BCUT2D eigenvalue weighted by molar-refractivity contribution is 9.10. The van der Waals surface area contributed by atoms with Gasteiger partial charge in [0.1, 0.15) is 0 Å². The van der Waals surface area contributed by atoms with Gasteiger partial charge in [0.25, 0.3) is 5.91 Å². The van der Waals surface area contributed by atoms with Crippen molar-refractivity contribution >= 4 is 27.4 Å². The monoisotopic (exact) mass is 329 g/mol. The second-order valence-corrected chi connectivity index (χ2v) is 5.22. The van der Waals surface area contributed by atoms with Crippen LogP contribution in [0.4, 0.5) is 0 Å². The molecule has 5 heteroatoms. The lowest BCUT2D eigenvalue weighted by molar-refractivity contribution is 0.0949. The maximum Gasteiger partial charge on any atom is 0.252 e. The largest absolute Gasteiger partial charge is 0.346 e. The third kappa shape index (κ3) is 2.58. The molecular formula is C15H12BrN3O. The van der Waals surface area contributed by atoms with Crippen molar-refractivity contribution in [3.63, 3.8) is 0 Å². The zero-order valence-corrected chi connectivity index (χ0v) is 12.2. The quantitative estimate of drug-likeness (QED) is 0.802. The normalized spacial score (nSPS) is 10.7.